The van der Waals surface area contributed by atoms with Gasteiger partial charge in [0.15, 0.2) is 23.1 Å². The van der Waals surface area contributed by atoms with Gasteiger partial charge in [-0.2, -0.15) is 5.10 Å². The highest BCUT2D eigenvalue weighted by Crippen LogP contribution is 2.28. The first-order valence-corrected chi connectivity index (χ1v) is 10.5. The third-order valence-corrected chi connectivity index (χ3v) is 5.62. The number of aromatic amines is 1. The smallest absolute Gasteiger partial charge is 0.161 e. The van der Waals surface area contributed by atoms with Crippen LogP contribution in [0.2, 0.25) is 0 Å². The van der Waals surface area contributed by atoms with Crippen LogP contribution in [0.5, 0.6) is 11.5 Å². The van der Waals surface area contributed by atoms with Crippen LogP contribution in [0.1, 0.15) is 23.7 Å². The van der Waals surface area contributed by atoms with Gasteiger partial charge in [-0.15, -0.1) is 0 Å². The number of H-pyrrole nitrogens is 1. The number of carbonyl (C=O) groups excluding carboxylic acids is 1. The Kier molecular flexibility index (Phi) is 6.36. The van der Waals surface area contributed by atoms with E-state index < -0.39 is 0 Å². The third-order valence-electron chi connectivity index (χ3n) is 5.62. The monoisotopic (exact) mass is 426 g/mol. The van der Waals surface area contributed by atoms with Crippen molar-refractivity contribution in [2.24, 2.45) is 0 Å². The molecule has 0 bridgehead atoms. The van der Waals surface area contributed by atoms with Gasteiger partial charge in [-0.1, -0.05) is 0 Å². The van der Waals surface area contributed by atoms with Gasteiger partial charge in [0, 0.05) is 43.7 Å². The lowest BCUT2D eigenvalue weighted by Crippen LogP contribution is -2.47. The van der Waals surface area contributed by atoms with E-state index in [1.165, 1.54) is 19.1 Å². The fourth-order valence-electron chi connectivity index (χ4n) is 3.88. The highest BCUT2D eigenvalue weighted by molar-refractivity contribution is 5.94. The standard InChI is InChI=1S/C23H27FN4O3/c1-16(29)17-4-7-21(22(14-17)30-2)31-13-3-8-27-9-11-28(12-10-27)23-19-6-5-18(24)15-20(19)25-26-23/h4-7,14-15H,3,8-13H2,1-2H3,(H,25,26). The summed E-state index contributed by atoms with van der Waals surface area (Å²) in [6.45, 7) is 6.67. The van der Waals surface area contributed by atoms with Crippen LogP contribution in [-0.4, -0.2) is 67.3 Å². The second-order valence-electron chi connectivity index (χ2n) is 7.69. The number of Topliss-reactive ketones (excluding diaryl/α,β-unsaturated/α-hetero) is 1. The number of methoxy groups -OCH3 is 1. The number of ketones is 1. The predicted molar refractivity (Wildman–Crippen MR) is 118 cm³/mol. The van der Waals surface area contributed by atoms with Crippen LogP contribution in [0.25, 0.3) is 10.9 Å². The topological polar surface area (TPSA) is 70.7 Å². The maximum Gasteiger partial charge on any atom is 0.161 e. The Hall–Kier alpha value is -3.13. The molecular weight excluding hydrogens is 399 g/mol. The summed E-state index contributed by atoms with van der Waals surface area (Å²) in [5, 5.41) is 8.27. The Morgan fingerprint density at radius 3 is 2.68 bits per heavy atom. The van der Waals surface area contributed by atoms with Gasteiger partial charge in [0.05, 0.1) is 19.2 Å². The number of fused-ring (bicyclic) bond motifs is 1. The Bertz CT molecular complexity index is 1060. The molecule has 2 aromatic carbocycles. The number of rotatable bonds is 8. The Labute approximate surface area is 180 Å². The zero-order valence-electron chi connectivity index (χ0n) is 17.9. The van der Waals surface area contributed by atoms with E-state index in [1.54, 1.807) is 31.4 Å². The maximum atomic E-state index is 13.4. The van der Waals surface area contributed by atoms with Crippen LogP contribution in [0.15, 0.2) is 36.4 Å². The molecule has 0 atom stereocenters. The van der Waals surface area contributed by atoms with Crippen molar-refractivity contribution in [2.75, 3.05) is 51.3 Å². The first-order valence-electron chi connectivity index (χ1n) is 10.5. The molecular formula is C23H27FN4O3. The molecule has 1 N–H and O–H groups in total. The van der Waals surface area contributed by atoms with E-state index in [0.29, 0.717) is 23.7 Å². The van der Waals surface area contributed by atoms with Crippen molar-refractivity contribution >= 4 is 22.5 Å². The van der Waals surface area contributed by atoms with Crippen molar-refractivity contribution in [3.63, 3.8) is 0 Å². The average Bonchev–Trinajstić information content (AvgIpc) is 3.20. The van der Waals surface area contributed by atoms with E-state index in [9.17, 15) is 9.18 Å². The number of anilines is 1. The number of aromatic nitrogens is 2. The van der Waals surface area contributed by atoms with Crippen LogP contribution in [-0.2, 0) is 0 Å². The molecule has 164 valence electrons. The molecule has 4 rings (SSSR count). The number of piperazine rings is 1. The number of nitrogens with zero attached hydrogens (tertiary/aromatic N) is 3. The molecule has 8 heteroatoms. The SMILES string of the molecule is COc1cc(C(C)=O)ccc1OCCCN1CCN(c2n[nH]c3cc(F)ccc23)CC1. The highest BCUT2D eigenvalue weighted by Gasteiger charge is 2.20. The van der Waals surface area contributed by atoms with Crippen molar-refractivity contribution < 1.29 is 18.7 Å². The second kappa shape index (κ2) is 9.34. The molecule has 2 heterocycles. The lowest BCUT2D eigenvalue weighted by Gasteiger charge is -2.35. The molecule has 1 aromatic heterocycles. The van der Waals surface area contributed by atoms with Gasteiger partial charge in [-0.3, -0.25) is 14.8 Å². The van der Waals surface area contributed by atoms with E-state index >= 15 is 0 Å². The van der Waals surface area contributed by atoms with Crippen molar-refractivity contribution in [2.45, 2.75) is 13.3 Å². The molecule has 0 aliphatic carbocycles. The summed E-state index contributed by atoms with van der Waals surface area (Å²) >= 11 is 0. The molecule has 0 radical (unpaired) electrons. The van der Waals surface area contributed by atoms with Crippen molar-refractivity contribution in [1.82, 2.24) is 15.1 Å². The van der Waals surface area contributed by atoms with Gasteiger partial charge in [0.1, 0.15) is 5.82 Å². The van der Waals surface area contributed by atoms with E-state index in [-0.39, 0.29) is 11.6 Å². The lowest BCUT2D eigenvalue weighted by molar-refractivity contribution is 0.101. The largest absolute Gasteiger partial charge is 0.493 e. The summed E-state index contributed by atoms with van der Waals surface area (Å²) in [5.74, 6) is 1.85. The first-order chi connectivity index (χ1) is 15.0. The first kappa shape index (κ1) is 21.1. The summed E-state index contributed by atoms with van der Waals surface area (Å²) in [6, 6.07) is 9.99. The Morgan fingerprint density at radius 1 is 1.13 bits per heavy atom. The predicted octanol–water partition coefficient (Wildman–Crippen LogP) is 3.50. The summed E-state index contributed by atoms with van der Waals surface area (Å²) < 4.78 is 24.6. The van der Waals surface area contributed by atoms with Gasteiger partial charge < -0.3 is 14.4 Å². The second-order valence-corrected chi connectivity index (χ2v) is 7.69. The molecule has 1 fully saturated rings. The van der Waals surface area contributed by atoms with Crippen LogP contribution in [0, 0.1) is 5.82 Å². The Morgan fingerprint density at radius 2 is 1.94 bits per heavy atom. The molecule has 1 aliphatic heterocycles. The molecule has 31 heavy (non-hydrogen) atoms. The maximum absolute atomic E-state index is 13.4. The number of halogens is 1. The van der Waals surface area contributed by atoms with E-state index in [1.807, 2.05) is 0 Å². The zero-order valence-corrected chi connectivity index (χ0v) is 17.9. The van der Waals surface area contributed by atoms with Crippen LogP contribution >= 0.6 is 0 Å². The number of carbonyl (C=O) groups is 1. The molecule has 7 nitrogen and oxygen atoms in total. The lowest BCUT2D eigenvalue weighted by atomic mass is 10.1. The normalized spacial score (nSPS) is 14.7. The van der Waals surface area contributed by atoms with E-state index in [2.05, 4.69) is 20.0 Å². The quantitative estimate of drug-likeness (QED) is 0.439. The molecule has 0 amide bonds. The zero-order chi connectivity index (χ0) is 21.8. The van der Waals surface area contributed by atoms with Crippen LogP contribution < -0.4 is 14.4 Å². The number of nitrogens with one attached hydrogen (secondary N) is 1. The molecule has 0 saturated carbocycles. The summed E-state index contributed by atoms with van der Waals surface area (Å²) in [5.41, 5.74) is 1.33. The third kappa shape index (κ3) is 4.80. The minimum Gasteiger partial charge on any atom is -0.493 e. The van der Waals surface area contributed by atoms with E-state index in [4.69, 9.17) is 9.47 Å². The van der Waals surface area contributed by atoms with Crippen LogP contribution in [0.4, 0.5) is 10.2 Å². The summed E-state index contributed by atoms with van der Waals surface area (Å²) in [7, 11) is 1.57. The highest BCUT2D eigenvalue weighted by atomic mass is 19.1. The minimum atomic E-state index is -0.262. The number of hydrogen-bond acceptors (Lipinski definition) is 6. The fraction of sp³-hybridized carbons (Fsp3) is 0.391. The number of benzene rings is 2. The molecule has 1 saturated heterocycles. The summed E-state index contributed by atoms with van der Waals surface area (Å²) in [6.07, 6.45) is 0.891. The van der Waals surface area contributed by atoms with Gasteiger partial charge in [-0.05, 0) is 49.7 Å². The summed E-state index contributed by atoms with van der Waals surface area (Å²) in [4.78, 5) is 16.2. The number of hydrogen-bond donors (Lipinski definition) is 1. The van der Waals surface area contributed by atoms with Gasteiger partial charge in [-0.25, -0.2) is 4.39 Å². The minimum absolute atomic E-state index is 0.000933. The fourth-order valence-corrected chi connectivity index (χ4v) is 3.88. The van der Waals surface area contributed by atoms with Crippen molar-refractivity contribution in [3.8, 4) is 11.5 Å². The van der Waals surface area contributed by atoms with Crippen LogP contribution in [0.3, 0.4) is 0 Å². The molecule has 3 aromatic rings. The van der Waals surface area contributed by atoms with E-state index in [0.717, 1.165) is 55.9 Å². The van der Waals surface area contributed by atoms with Gasteiger partial charge in [0.2, 0.25) is 0 Å². The van der Waals surface area contributed by atoms with Gasteiger partial charge >= 0.3 is 0 Å². The Balaban J connectivity index is 1.24. The van der Waals surface area contributed by atoms with Gasteiger partial charge in [0.25, 0.3) is 0 Å². The molecule has 0 unspecified atom stereocenters. The van der Waals surface area contributed by atoms with Crippen molar-refractivity contribution in [1.29, 1.82) is 0 Å². The number of ether oxygens (including phenoxy) is 2. The average molecular weight is 426 g/mol. The van der Waals surface area contributed by atoms with Crippen molar-refractivity contribution in [3.05, 3.63) is 47.8 Å². The molecule has 0 spiro atoms. The molecule has 1 aliphatic rings.